The number of hydrogen-bond donors (Lipinski definition) is 1. The van der Waals surface area contributed by atoms with E-state index in [1.165, 1.54) is 0 Å². The van der Waals surface area contributed by atoms with Crippen molar-refractivity contribution in [2.24, 2.45) is 0 Å². The Labute approximate surface area is 153 Å². The Hall–Kier alpha value is -2.33. The molecule has 0 fully saturated rings. The topological polar surface area (TPSA) is 49.4 Å². The molecule has 2 amide bonds. The largest absolute Gasteiger partial charge is 0.355 e. The second-order valence-electron chi connectivity index (χ2n) is 5.88. The van der Waals surface area contributed by atoms with E-state index in [-0.39, 0.29) is 18.2 Å². The molecule has 0 unspecified atom stereocenters. The number of amides is 2. The Balaban J connectivity index is 2.18. The van der Waals surface area contributed by atoms with E-state index < -0.39 is 6.04 Å². The maximum Gasteiger partial charge on any atom is 0.242 e. The van der Waals surface area contributed by atoms with Gasteiger partial charge in [0.2, 0.25) is 11.8 Å². The highest BCUT2D eigenvalue weighted by molar-refractivity contribution is 6.30. The lowest BCUT2D eigenvalue weighted by atomic mass is 10.1. The smallest absolute Gasteiger partial charge is 0.242 e. The molecular weight excluding hydrogens is 336 g/mol. The van der Waals surface area contributed by atoms with Crippen LogP contribution in [-0.4, -0.2) is 29.3 Å². The molecule has 0 aromatic heterocycles. The highest BCUT2D eigenvalue weighted by Crippen LogP contribution is 2.14. The Bertz CT molecular complexity index is 701. The number of carbonyl (C=O) groups is 2. The van der Waals surface area contributed by atoms with Gasteiger partial charge in [0.05, 0.1) is 6.42 Å². The predicted molar refractivity (Wildman–Crippen MR) is 100 cm³/mol. The van der Waals surface area contributed by atoms with Crippen molar-refractivity contribution in [1.29, 1.82) is 0 Å². The second-order valence-corrected chi connectivity index (χ2v) is 6.32. The van der Waals surface area contributed by atoms with Gasteiger partial charge >= 0.3 is 0 Å². The first-order chi connectivity index (χ1) is 12.0. The molecular formula is C20H23ClN2O2. The predicted octanol–water partition coefficient (Wildman–Crippen LogP) is 3.44. The first-order valence-corrected chi connectivity index (χ1v) is 8.74. The van der Waals surface area contributed by atoms with Crippen LogP contribution in [0, 0.1) is 0 Å². The van der Waals surface area contributed by atoms with Crippen molar-refractivity contribution >= 4 is 23.4 Å². The molecule has 1 atom stereocenters. The number of hydrogen-bond acceptors (Lipinski definition) is 2. The van der Waals surface area contributed by atoms with Gasteiger partial charge in [0.25, 0.3) is 0 Å². The third kappa shape index (κ3) is 5.61. The zero-order chi connectivity index (χ0) is 18.2. The summed E-state index contributed by atoms with van der Waals surface area (Å²) >= 11 is 5.90. The summed E-state index contributed by atoms with van der Waals surface area (Å²) in [6, 6.07) is 16.3. The molecule has 0 aliphatic heterocycles. The molecule has 0 saturated heterocycles. The van der Waals surface area contributed by atoms with Gasteiger partial charge in [0.15, 0.2) is 0 Å². The van der Waals surface area contributed by atoms with E-state index in [9.17, 15) is 9.59 Å². The molecule has 132 valence electrons. The van der Waals surface area contributed by atoms with Gasteiger partial charge in [-0.05, 0) is 37.1 Å². The molecule has 0 saturated carbocycles. The third-order valence-corrected chi connectivity index (χ3v) is 4.23. The first-order valence-electron chi connectivity index (χ1n) is 8.36. The summed E-state index contributed by atoms with van der Waals surface area (Å²) in [4.78, 5) is 26.7. The standard InChI is InChI=1S/C20H23ClN2O2/c1-3-22-20(25)15(2)23(14-17-7-5-4-6-8-17)19(24)13-16-9-11-18(21)12-10-16/h4-12,15H,3,13-14H2,1-2H3,(H,22,25)/t15-/m0/s1. The molecule has 25 heavy (non-hydrogen) atoms. The number of benzene rings is 2. The molecule has 5 heteroatoms. The summed E-state index contributed by atoms with van der Waals surface area (Å²) in [5.74, 6) is -0.243. The Kier molecular flexibility index (Phi) is 7.02. The first kappa shape index (κ1) is 19.0. The number of carbonyl (C=O) groups excluding carboxylic acids is 2. The third-order valence-electron chi connectivity index (χ3n) is 3.98. The van der Waals surface area contributed by atoms with Crippen molar-refractivity contribution in [1.82, 2.24) is 10.2 Å². The number of nitrogens with one attached hydrogen (secondary N) is 1. The maximum atomic E-state index is 12.9. The van der Waals surface area contributed by atoms with Crippen LogP contribution in [0.1, 0.15) is 25.0 Å². The Morgan fingerprint density at radius 3 is 2.28 bits per heavy atom. The maximum absolute atomic E-state index is 12.9. The minimum atomic E-state index is -0.542. The van der Waals surface area contributed by atoms with E-state index in [4.69, 9.17) is 11.6 Å². The van der Waals surface area contributed by atoms with Crippen molar-refractivity contribution in [2.75, 3.05) is 6.54 Å². The molecule has 0 bridgehead atoms. The van der Waals surface area contributed by atoms with Gasteiger partial charge in [-0.2, -0.15) is 0 Å². The van der Waals surface area contributed by atoms with E-state index in [0.717, 1.165) is 11.1 Å². The van der Waals surface area contributed by atoms with Gasteiger partial charge < -0.3 is 10.2 Å². The van der Waals surface area contributed by atoms with Crippen molar-refractivity contribution in [2.45, 2.75) is 32.9 Å². The van der Waals surface area contributed by atoms with Crippen LogP contribution in [0.3, 0.4) is 0 Å². The Morgan fingerprint density at radius 2 is 1.68 bits per heavy atom. The van der Waals surface area contributed by atoms with Gasteiger partial charge in [0, 0.05) is 18.1 Å². The summed E-state index contributed by atoms with van der Waals surface area (Å²) in [6.07, 6.45) is 0.230. The van der Waals surface area contributed by atoms with Crippen molar-refractivity contribution < 1.29 is 9.59 Å². The van der Waals surface area contributed by atoms with Gasteiger partial charge in [0.1, 0.15) is 6.04 Å². The molecule has 4 nitrogen and oxygen atoms in total. The average Bonchev–Trinajstić information content (AvgIpc) is 2.62. The fourth-order valence-corrected chi connectivity index (χ4v) is 2.69. The molecule has 2 rings (SSSR count). The van der Waals surface area contributed by atoms with E-state index in [2.05, 4.69) is 5.32 Å². The summed E-state index contributed by atoms with van der Waals surface area (Å²) in [7, 11) is 0. The summed E-state index contributed by atoms with van der Waals surface area (Å²) in [5.41, 5.74) is 1.86. The van der Waals surface area contributed by atoms with Crippen LogP contribution in [0.2, 0.25) is 5.02 Å². The van der Waals surface area contributed by atoms with Gasteiger partial charge in [-0.1, -0.05) is 54.1 Å². The molecule has 0 aliphatic carbocycles. The lowest BCUT2D eigenvalue weighted by Crippen LogP contribution is -2.48. The van der Waals surface area contributed by atoms with E-state index in [1.54, 1.807) is 24.0 Å². The second kappa shape index (κ2) is 9.23. The molecule has 2 aromatic rings. The van der Waals surface area contributed by atoms with Gasteiger partial charge in [-0.3, -0.25) is 9.59 Å². The van der Waals surface area contributed by atoms with Crippen molar-refractivity contribution in [3.05, 3.63) is 70.7 Å². The highest BCUT2D eigenvalue weighted by Gasteiger charge is 2.25. The van der Waals surface area contributed by atoms with Crippen molar-refractivity contribution in [3.8, 4) is 0 Å². The van der Waals surface area contributed by atoms with Crippen LogP contribution >= 0.6 is 11.6 Å². The lowest BCUT2D eigenvalue weighted by Gasteiger charge is -2.28. The number of rotatable bonds is 7. The minimum Gasteiger partial charge on any atom is -0.355 e. The van der Waals surface area contributed by atoms with E-state index in [0.29, 0.717) is 18.1 Å². The SMILES string of the molecule is CCNC(=O)[C@H](C)N(Cc1ccccc1)C(=O)Cc1ccc(Cl)cc1. The van der Waals surface area contributed by atoms with Crippen LogP contribution in [0.25, 0.3) is 0 Å². The molecule has 0 radical (unpaired) electrons. The fraction of sp³-hybridized carbons (Fsp3) is 0.300. The number of nitrogens with zero attached hydrogens (tertiary/aromatic N) is 1. The van der Waals surface area contributed by atoms with Gasteiger partial charge in [-0.25, -0.2) is 0 Å². The van der Waals surface area contributed by atoms with Crippen LogP contribution in [0.5, 0.6) is 0 Å². The number of likely N-dealkylation sites (N-methyl/N-ethyl adjacent to an activating group) is 1. The zero-order valence-electron chi connectivity index (χ0n) is 14.5. The molecule has 0 heterocycles. The Morgan fingerprint density at radius 1 is 1.04 bits per heavy atom. The normalized spacial score (nSPS) is 11.6. The molecule has 2 aromatic carbocycles. The molecule has 1 N–H and O–H groups in total. The highest BCUT2D eigenvalue weighted by atomic mass is 35.5. The zero-order valence-corrected chi connectivity index (χ0v) is 15.3. The summed E-state index contributed by atoms with van der Waals surface area (Å²) < 4.78 is 0. The van der Waals surface area contributed by atoms with Crippen LogP contribution in [0.15, 0.2) is 54.6 Å². The lowest BCUT2D eigenvalue weighted by molar-refractivity contribution is -0.140. The van der Waals surface area contributed by atoms with Crippen molar-refractivity contribution in [3.63, 3.8) is 0 Å². The quantitative estimate of drug-likeness (QED) is 0.824. The molecule has 0 aliphatic rings. The van der Waals surface area contributed by atoms with Gasteiger partial charge in [-0.15, -0.1) is 0 Å². The number of halogens is 1. The van der Waals surface area contributed by atoms with Crippen LogP contribution in [-0.2, 0) is 22.6 Å². The summed E-state index contributed by atoms with van der Waals surface area (Å²) in [5, 5.41) is 3.42. The summed E-state index contributed by atoms with van der Waals surface area (Å²) in [6.45, 7) is 4.55. The van der Waals surface area contributed by atoms with E-state index in [1.807, 2.05) is 49.4 Å². The average molecular weight is 359 g/mol. The fourth-order valence-electron chi connectivity index (χ4n) is 2.56. The van der Waals surface area contributed by atoms with Crippen LogP contribution < -0.4 is 5.32 Å². The van der Waals surface area contributed by atoms with Crippen LogP contribution in [0.4, 0.5) is 0 Å². The molecule has 0 spiro atoms. The van der Waals surface area contributed by atoms with E-state index >= 15 is 0 Å². The minimum absolute atomic E-state index is 0.0927. The monoisotopic (exact) mass is 358 g/mol.